The van der Waals surface area contributed by atoms with Gasteiger partial charge in [-0.3, -0.25) is 4.79 Å². The van der Waals surface area contributed by atoms with Crippen molar-refractivity contribution < 1.29 is 23.4 Å². The Balaban J connectivity index is 2.63. The summed E-state index contributed by atoms with van der Waals surface area (Å²) in [5.41, 5.74) is -2.11. The van der Waals surface area contributed by atoms with E-state index in [4.69, 9.17) is 0 Å². The monoisotopic (exact) mass is 296 g/mol. The molecular weight excluding hydrogens is 286 g/mol. The summed E-state index contributed by atoms with van der Waals surface area (Å²) in [7, 11) is 0. The lowest BCUT2D eigenvalue weighted by molar-refractivity contribution is 0.0520. The van der Waals surface area contributed by atoms with Gasteiger partial charge in [0.1, 0.15) is 17.3 Å². The normalized spacial score (nSPS) is 10.4. The molecule has 0 aliphatic carbocycles. The summed E-state index contributed by atoms with van der Waals surface area (Å²) in [6.07, 6.45) is 0. The van der Waals surface area contributed by atoms with E-state index < -0.39 is 34.5 Å². The number of nitrogens with one attached hydrogen (secondary N) is 1. The first-order valence-corrected chi connectivity index (χ1v) is 5.89. The number of esters is 1. The Bertz CT molecular complexity index is 738. The molecule has 1 aromatic carbocycles. The van der Waals surface area contributed by atoms with Crippen LogP contribution in [0.2, 0.25) is 0 Å². The molecule has 0 bridgehead atoms. The van der Waals surface area contributed by atoms with Crippen LogP contribution in [0.1, 0.15) is 17.3 Å². The predicted molar refractivity (Wildman–Crippen MR) is 67.8 cm³/mol. The van der Waals surface area contributed by atoms with Crippen LogP contribution in [-0.2, 0) is 4.74 Å². The molecule has 2 N–H and O–H groups in total. The Labute approximate surface area is 117 Å². The van der Waals surface area contributed by atoms with Gasteiger partial charge in [-0.1, -0.05) is 0 Å². The molecule has 6 nitrogen and oxygen atoms in total. The predicted octanol–water partition coefficient (Wildman–Crippen LogP) is 1.60. The number of ether oxygens (including phenoxy) is 1. The van der Waals surface area contributed by atoms with Crippen molar-refractivity contribution in [2.75, 3.05) is 6.61 Å². The molecule has 110 valence electrons. The van der Waals surface area contributed by atoms with E-state index in [2.05, 4.69) is 9.84 Å². The van der Waals surface area contributed by atoms with Crippen molar-refractivity contribution in [1.29, 1.82) is 0 Å². The fourth-order valence-corrected chi connectivity index (χ4v) is 1.73. The summed E-state index contributed by atoms with van der Waals surface area (Å²) in [4.78, 5) is 23.2. The van der Waals surface area contributed by atoms with Crippen LogP contribution in [0.3, 0.4) is 0 Å². The maximum Gasteiger partial charge on any atom is 0.347 e. The van der Waals surface area contributed by atoms with E-state index in [-0.39, 0.29) is 17.9 Å². The largest absolute Gasteiger partial charge is 0.505 e. The summed E-state index contributed by atoms with van der Waals surface area (Å²) in [5.74, 6) is -3.65. The average molecular weight is 296 g/mol. The summed E-state index contributed by atoms with van der Waals surface area (Å²) < 4.78 is 31.0. The van der Waals surface area contributed by atoms with Crippen LogP contribution < -0.4 is 5.56 Å². The zero-order valence-electron chi connectivity index (χ0n) is 10.8. The fourth-order valence-electron chi connectivity index (χ4n) is 1.73. The first kappa shape index (κ1) is 14.6. The highest BCUT2D eigenvalue weighted by Crippen LogP contribution is 2.29. The maximum absolute atomic E-state index is 13.2. The van der Waals surface area contributed by atoms with E-state index in [9.17, 15) is 23.5 Å². The van der Waals surface area contributed by atoms with Crippen molar-refractivity contribution in [3.05, 3.63) is 45.8 Å². The van der Waals surface area contributed by atoms with Gasteiger partial charge in [0.15, 0.2) is 11.3 Å². The highest BCUT2D eigenvalue weighted by Gasteiger charge is 2.22. The quantitative estimate of drug-likeness (QED) is 0.839. The molecule has 0 spiro atoms. The summed E-state index contributed by atoms with van der Waals surface area (Å²) in [6.45, 7) is 1.51. The minimum atomic E-state index is -1.06. The molecule has 0 amide bonds. The number of aromatic amines is 1. The van der Waals surface area contributed by atoms with Crippen LogP contribution in [0, 0.1) is 11.6 Å². The standard InChI is InChI=1S/C13H10F2N2O4/c1-2-21-13(20)9-11(18)10(16-17-12(9)19)6-3-7(14)5-8(15)4-6/h3-5H,2H2,1H3,(H2,17,18,19). The lowest BCUT2D eigenvalue weighted by Crippen LogP contribution is -2.21. The third kappa shape index (κ3) is 2.88. The second kappa shape index (κ2) is 5.70. The van der Waals surface area contributed by atoms with Crippen molar-refractivity contribution in [2.45, 2.75) is 6.92 Å². The first-order chi connectivity index (χ1) is 9.93. The molecule has 1 heterocycles. The molecule has 0 atom stereocenters. The second-order valence-corrected chi connectivity index (χ2v) is 4.00. The molecule has 0 saturated carbocycles. The van der Waals surface area contributed by atoms with Crippen molar-refractivity contribution in [2.24, 2.45) is 0 Å². The van der Waals surface area contributed by atoms with Gasteiger partial charge in [-0.15, -0.1) is 0 Å². The lowest BCUT2D eigenvalue weighted by atomic mass is 10.1. The number of carbonyl (C=O) groups is 1. The topological polar surface area (TPSA) is 92.3 Å². The number of carbonyl (C=O) groups excluding carboxylic acids is 1. The number of hydrogen-bond acceptors (Lipinski definition) is 5. The molecule has 1 aromatic heterocycles. The number of hydrogen-bond donors (Lipinski definition) is 2. The van der Waals surface area contributed by atoms with Crippen molar-refractivity contribution in [3.8, 4) is 17.0 Å². The number of nitrogens with zero attached hydrogens (tertiary/aromatic N) is 1. The Morgan fingerprint density at radius 3 is 2.52 bits per heavy atom. The van der Waals surface area contributed by atoms with Gasteiger partial charge >= 0.3 is 5.97 Å². The van der Waals surface area contributed by atoms with Gasteiger partial charge in [-0.05, 0) is 19.1 Å². The van der Waals surface area contributed by atoms with Crippen LogP contribution in [-0.4, -0.2) is 27.9 Å². The molecule has 2 rings (SSSR count). The number of benzene rings is 1. The summed E-state index contributed by atoms with van der Waals surface area (Å²) in [6, 6.07) is 2.44. The molecule has 2 aromatic rings. The SMILES string of the molecule is CCOC(=O)c1c(O)c(-c2cc(F)cc(F)c2)n[nH]c1=O. The second-order valence-electron chi connectivity index (χ2n) is 4.00. The van der Waals surface area contributed by atoms with Crippen LogP contribution in [0.15, 0.2) is 23.0 Å². The van der Waals surface area contributed by atoms with Gasteiger partial charge in [-0.25, -0.2) is 18.7 Å². The van der Waals surface area contributed by atoms with E-state index in [1.54, 1.807) is 0 Å². The van der Waals surface area contributed by atoms with E-state index in [0.29, 0.717) is 6.07 Å². The van der Waals surface area contributed by atoms with E-state index >= 15 is 0 Å². The summed E-state index contributed by atoms with van der Waals surface area (Å²) >= 11 is 0. The van der Waals surface area contributed by atoms with Gasteiger partial charge in [0.05, 0.1) is 6.61 Å². The third-order valence-electron chi connectivity index (χ3n) is 2.57. The minimum absolute atomic E-state index is 0.00996. The Hall–Kier alpha value is -2.77. The zero-order valence-corrected chi connectivity index (χ0v) is 10.8. The highest BCUT2D eigenvalue weighted by molar-refractivity contribution is 5.94. The van der Waals surface area contributed by atoms with Crippen LogP contribution in [0.5, 0.6) is 5.75 Å². The molecule has 0 aliphatic rings. The zero-order chi connectivity index (χ0) is 15.6. The maximum atomic E-state index is 13.2. The first-order valence-electron chi connectivity index (χ1n) is 5.89. The number of rotatable bonds is 3. The van der Waals surface area contributed by atoms with E-state index in [1.807, 2.05) is 5.10 Å². The van der Waals surface area contributed by atoms with Gasteiger partial charge in [-0.2, -0.15) is 5.10 Å². The van der Waals surface area contributed by atoms with Crippen LogP contribution in [0.4, 0.5) is 8.78 Å². The molecule has 0 aliphatic heterocycles. The lowest BCUT2D eigenvalue weighted by Gasteiger charge is -2.07. The number of aromatic hydroxyl groups is 1. The molecule has 0 fully saturated rings. The third-order valence-corrected chi connectivity index (χ3v) is 2.57. The number of halogens is 2. The van der Waals surface area contributed by atoms with Gasteiger partial charge in [0.25, 0.3) is 5.56 Å². The average Bonchev–Trinajstić information content (AvgIpc) is 2.37. The minimum Gasteiger partial charge on any atom is -0.505 e. The van der Waals surface area contributed by atoms with E-state index in [0.717, 1.165) is 12.1 Å². The fraction of sp³-hybridized carbons (Fsp3) is 0.154. The highest BCUT2D eigenvalue weighted by atomic mass is 19.1. The molecule has 21 heavy (non-hydrogen) atoms. The van der Waals surface area contributed by atoms with Gasteiger partial charge in [0, 0.05) is 11.6 Å². The summed E-state index contributed by atoms with van der Waals surface area (Å²) in [5, 5.41) is 15.5. The van der Waals surface area contributed by atoms with Gasteiger partial charge in [0.2, 0.25) is 0 Å². The smallest absolute Gasteiger partial charge is 0.347 e. The van der Waals surface area contributed by atoms with E-state index in [1.165, 1.54) is 6.92 Å². The molecular formula is C13H10F2N2O4. The molecule has 0 unspecified atom stereocenters. The van der Waals surface area contributed by atoms with Crippen molar-refractivity contribution in [1.82, 2.24) is 10.2 Å². The van der Waals surface area contributed by atoms with Crippen LogP contribution in [0.25, 0.3) is 11.3 Å². The Kier molecular flexibility index (Phi) is 3.97. The Morgan fingerprint density at radius 2 is 1.95 bits per heavy atom. The number of H-pyrrole nitrogens is 1. The molecule has 0 radical (unpaired) electrons. The number of aromatic nitrogens is 2. The van der Waals surface area contributed by atoms with Gasteiger partial charge < -0.3 is 9.84 Å². The Morgan fingerprint density at radius 1 is 1.33 bits per heavy atom. The van der Waals surface area contributed by atoms with Crippen molar-refractivity contribution in [3.63, 3.8) is 0 Å². The molecule has 0 saturated heterocycles. The van der Waals surface area contributed by atoms with Crippen molar-refractivity contribution >= 4 is 5.97 Å². The van der Waals surface area contributed by atoms with Crippen LogP contribution >= 0.6 is 0 Å². The molecule has 8 heteroatoms.